The summed E-state index contributed by atoms with van der Waals surface area (Å²) in [6, 6.07) is 12.1. The Bertz CT molecular complexity index is 900. The molecule has 0 fully saturated rings. The smallest absolute Gasteiger partial charge is 0.338 e. The van der Waals surface area contributed by atoms with Gasteiger partial charge in [-0.25, -0.2) is 4.79 Å². The monoisotopic (exact) mass is 353 g/mol. The third-order valence-corrected chi connectivity index (χ3v) is 3.65. The number of nitrogens with zero attached hydrogens (tertiary/aromatic N) is 3. The molecule has 0 aliphatic heterocycles. The average Bonchev–Trinajstić information content (AvgIpc) is 2.66. The van der Waals surface area contributed by atoms with E-state index in [4.69, 9.17) is 5.26 Å². The van der Waals surface area contributed by atoms with Crippen molar-refractivity contribution in [1.29, 1.82) is 5.26 Å². The van der Waals surface area contributed by atoms with Gasteiger partial charge >= 0.3 is 5.97 Å². The van der Waals surface area contributed by atoms with Crippen LogP contribution in [0.3, 0.4) is 0 Å². The van der Waals surface area contributed by atoms with E-state index in [2.05, 4.69) is 4.74 Å². The minimum atomic E-state index is -0.766. The maximum atomic E-state index is 12.6. The summed E-state index contributed by atoms with van der Waals surface area (Å²) in [5.74, 6) is -1.25. The van der Waals surface area contributed by atoms with Crippen LogP contribution in [0.15, 0.2) is 42.5 Å². The average molecular weight is 353 g/mol. The number of carbonyl (C=O) groups excluding carboxylic acids is 2. The van der Waals surface area contributed by atoms with E-state index in [1.807, 2.05) is 6.07 Å². The lowest BCUT2D eigenvalue weighted by Crippen LogP contribution is -2.26. The summed E-state index contributed by atoms with van der Waals surface area (Å²) in [5.41, 5.74) is 0.859. The molecule has 0 unspecified atom stereocenters. The lowest BCUT2D eigenvalue weighted by molar-refractivity contribution is -0.384. The van der Waals surface area contributed by atoms with Crippen molar-refractivity contribution in [3.05, 3.63) is 74.8 Å². The number of nitro benzene ring substituents is 1. The highest BCUT2D eigenvalue weighted by atomic mass is 16.6. The van der Waals surface area contributed by atoms with E-state index in [1.165, 1.54) is 18.0 Å². The van der Waals surface area contributed by atoms with Crippen LogP contribution in [0.5, 0.6) is 0 Å². The highest BCUT2D eigenvalue weighted by Gasteiger charge is 2.20. The van der Waals surface area contributed by atoms with Gasteiger partial charge in [0.2, 0.25) is 0 Å². The van der Waals surface area contributed by atoms with Gasteiger partial charge in [0, 0.05) is 31.3 Å². The summed E-state index contributed by atoms with van der Waals surface area (Å²) in [6.07, 6.45) is 0. The molecule has 0 spiro atoms. The number of non-ortho nitro benzene ring substituents is 1. The topological polar surface area (TPSA) is 114 Å². The number of amides is 1. The molecule has 0 radical (unpaired) electrons. The molecule has 0 atom stereocenters. The van der Waals surface area contributed by atoms with E-state index < -0.39 is 16.8 Å². The summed E-state index contributed by atoms with van der Waals surface area (Å²) >= 11 is 0. The van der Waals surface area contributed by atoms with Crippen molar-refractivity contribution in [3.8, 4) is 6.07 Å². The lowest BCUT2D eigenvalue weighted by atomic mass is 10.1. The molecule has 0 N–H and O–H groups in total. The second-order valence-electron chi connectivity index (χ2n) is 5.49. The molecular formula is C18H15N3O5. The van der Waals surface area contributed by atoms with E-state index >= 15 is 0 Å². The fourth-order valence-electron chi connectivity index (χ4n) is 2.33. The number of hydrogen-bond acceptors (Lipinski definition) is 6. The van der Waals surface area contributed by atoms with E-state index in [0.29, 0.717) is 5.56 Å². The maximum Gasteiger partial charge on any atom is 0.338 e. The predicted molar refractivity (Wildman–Crippen MR) is 91.4 cm³/mol. The van der Waals surface area contributed by atoms with Gasteiger partial charge in [0.25, 0.3) is 11.6 Å². The zero-order valence-corrected chi connectivity index (χ0v) is 14.1. The normalized spacial score (nSPS) is 9.88. The van der Waals surface area contributed by atoms with Gasteiger partial charge in [-0.1, -0.05) is 12.1 Å². The van der Waals surface area contributed by atoms with Gasteiger partial charge in [-0.3, -0.25) is 14.9 Å². The second kappa shape index (κ2) is 7.90. The number of ether oxygens (including phenoxy) is 1. The van der Waals surface area contributed by atoms with Crippen LogP contribution >= 0.6 is 0 Å². The number of esters is 1. The summed E-state index contributed by atoms with van der Waals surface area (Å²) in [5, 5.41) is 19.9. The first-order chi connectivity index (χ1) is 12.3. The molecule has 26 heavy (non-hydrogen) atoms. The SMILES string of the molecule is COC(=O)c1cc(C(=O)N(C)Cc2ccc(C#N)cc2)cc([N+](=O)[O-])c1. The van der Waals surface area contributed by atoms with Crippen molar-refractivity contribution >= 4 is 17.6 Å². The Labute approximate surface area is 149 Å². The molecule has 1 amide bonds. The van der Waals surface area contributed by atoms with Gasteiger partial charge in [0.05, 0.1) is 29.2 Å². The maximum absolute atomic E-state index is 12.6. The Balaban J connectivity index is 2.28. The third-order valence-electron chi connectivity index (χ3n) is 3.65. The van der Waals surface area contributed by atoms with Crippen LogP contribution < -0.4 is 0 Å². The number of nitriles is 1. The summed E-state index contributed by atoms with van der Waals surface area (Å²) in [6.45, 7) is 0.237. The van der Waals surface area contributed by atoms with Crippen molar-refractivity contribution in [1.82, 2.24) is 4.90 Å². The molecule has 8 nitrogen and oxygen atoms in total. The number of rotatable bonds is 5. The van der Waals surface area contributed by atoms with E-state index in [9.17, 15) is 19.7 Å². The van der Waals surface area contributed by atoms with Crippen LogP contribution in [0.2, 0.25) is 0 Å². The molecule has 0 bridgehead atoms. The minimum absolute atomic E-state index is 0.00995. The van der Waals surface area contributed by atoms with Crippen molar-refractivity contribution in [2.75, 3.05) is 14.2 Å². The molecule has 2 aromatic carbocycles. The zero-order chi connectivity index (χ0) is 19.3. The van der Waals surface area contributed by atoms with Crippen molar-refractivity contribution in [3.63, 3.8) is 0 Å². The molecule has 0 aliphatic rings. The standard InChI is InChI=1S/C18H15N3O5/c1-20(11-13-5-3-12(10-19)4-6-13)17(22)14-7-15(18(23)26-2)9-16(8-14)21(24)25/h3-9H,11H2,1-2H3. The van der Waals surface area contributed by atoms with Crippen molar-refractivity contribution < 1.29 is 19.2 Å². The molecule has 8 heteroatoms. The number of benzene rings is 2. The summed E-state index contributed by atoms with van der Waals surface area (Å²) in [4.78, 5) is 36.0. The van der Waals surface area contributed by atoms with Crippen LogP contribution in [0, 0.1) is 21.4 Å². The van der Waals surface area contributed by atoms with Gasteiger partial charge in [-0.15, -0.1) is 0 Å². The number of nitro groups is 1. The fraction of sp³-hybridized carbons (Fsp3) is 0.167. The Morgan fingerprint density at radius 3 is 2.35 bits per heavy atom. The minimum Gasteiger partial charge on any atom is -0.465 e. The van der Waals surface area contributed by atoms with Gasteiger partial charge < -0.3 is 9.64 Å². The number of carbonyl (C=O) groups is 2. The molecule has 2 aromatic rings. The van der Waals surface area contributed by atoms with Gasteiger partial charge in [-0.05, 0) is 23.8 Å². The van der Waals surface area contributed by atoms with Crippen LogP contribution in [0.25, 0.3) is 0 Å². The van der Waals surface area contributed by atoms with Crippen LogP contribution in [-0.4, -0.2) is 35.9 Å². The summed E-state index contributed by atoms with van der Waals surface area (Å²) in [7, 11) is 2.69. The van der Waals surface area contributed by atoms with Crippen LogP contribution in [-0.2, 0) is 11.3 Å². The highest BCUT2D eigenvalue weighted by molar-refractivity contribution is 5.98. The Hall–Kier alpha value is -3.73. The largest absolute Gasteiger partial charge is 0.465 e. The first-order valence-corrected chi connectivity index (χ1v) is 7.48. The van der Waals surface area contributed by atoms with Crippen molar-refractivity contribution in [2.24, 2.45) is 0 Å². The molecule has 132 valence electrons. The molecular weight excluding hydrogens is 338 g/mol. The highest BCUT2D eigenvalue weighted by Crippen LogP contribution is 2.20. The molecule has 0 saturated heterocycles. The third kappa shape index (κ3) is 4.21. The predicted octanol–water partition coefficient (Wildman–Crippen LogP) is 2.53. The first-order valence-electron chi connectivity index (χ1n) is 7.48. The Morgan fingerprint density at radius 2 is 1.81 bits per heavy atom. The van der Waals surface area contributed by atoms with Crippen LogP contribution in [0.1, 0.15) is 31.8 Å². The molecule has 2 rings (SSSR count). The zero-order valence-electron chi connectivity index (χ0n) is 14.1. The van der Waals surface area contributed by atoms with Gasteiger partial charge in [-0.2, -0.15) is 5.26 Å². The first kappa shape index (κ1) is 18.6. The van der Waals surface area contributed by atoms with Crippen LogP contribution in [0.4, 0.5) is 5.69 Å². The van der Waals surface area contributed by atoms with E-state index in [0.717, 1.165) is 24.8 Å². The lowest BCUT2D eigenvalue weighted by Gasteiger charge is -2.17. The summed E-state index contributed by atoms with van der Waals surface area (Å²) < 4.78 is 4.57. The Morgan fingerprint density at radius 1 is 1.19 bits per heavy atom. The molecule has 0 saturated carbocycles. The second-order valence-corrected chi connectivity index (χ2v) is 5.49. The van der Waals surface area contributed by atoms with Crippen molar-refractivity contribution in [2.45, 2.75) is 6.54 Å². The molecule has 0 aliphatic carbocycles. The molecule has 0 heterocycles. The van der Waals surface area contributed by atoms with E-state index in [1.54, 1.807) is 24.3 Å². The number of methoxy groups -OCH3 is 1. The van der Waals surface area contributed by atoms with Gasteiger partial charge in [0.15, 0.2) is 0 Å². The number of hydrogen-bond donors (Lipinski definition) is 0. The van der Waals surface area contributed by atoms with Gasteiger partial charge in [0.1, 0.15) is 0 Å². The fourth-order valence-corrected chi connectivity index (χ4v) is 2.33. The Kier molecular flexibility index (Phi) is 5.65. The quantitative estimate of drug-likeness (QED) is 0.463. The molecule has 0 aromatic heterocycles. The van der Waals surface area contributed by atoms with E-state index in [-0.39, 0.29) is 23.4 Å².